The van der Waals surface area contributed by atoms with E-state index in [2.05, 4.69) is 46.1 Å². The lowest BCUT2D eigenvalue weighted by Gasteiger charge is -2.34. The first-order valence-electron chi connectivity index (χ1n) is 8.95. The van der Waals surface area contributed by atoms with Gasteiger partial charge in [0.2, 0.25) is 0 Å². The number of aromatic nitrogens is 1. The Morgan fingerprint density at radius 3 is 2.36 bits per heavy atom. The molecule has 0 bridgehead atoms. The van der Waals surface area contributed by atoms with Crippen molar-refractivity contribution in [3.63, 3.8) is 0 Å². The lowest BCUT2D eigenvalue weighted by atomic mass is 10.1. The van der Waals surface area contributed by atoms with E-state index >= 15 is 0 Å². The van der Waals surface area contributed by atoms with E-state index < -0.39 is 0 Å². The van der Waals surface area contributed by atoms with Crippen molar-refractivity contribution in [2.75, 3.05) is 44.2 Å². The Morgan fingerprint density at radius 2 is 1.80 bits per heavy atom. The third-order valence-electron chi connectivity index (χ3n) is 4.77. The molecule has 0 unspecified atom stereocenters. The molecule has 1 aromatic carbocycles. The normalized spacial score (nSPS) is 15.4. The molecular formula is C19H26N4OS. The zero-order valence-electron chi connectivity index (χ0n) is 15.0. The Labute approximate surface area is 153 Å². The summed E-state index contributed by atoms with van der Waals surface area (Å²) in [6.07, 6.45) is 0. The number of amides is 1. The van der Waals surface area contributed by atoms with Crippen LogP contribution in [0.4, 0.5) is 5.69 Å². The molecule has 1 aromatic heterocycles. The molecule has 2 heterocycles. The van der Waals surface area contributed by atoms with E-state index in [4.69, 9.17) is 0 Å². The summed E-state index contributed by atoms with van der Waals surface area (Å²) in [5.41, 5.74) is 4.95. The van der Waals surface area contributed by atoms with Gasteiger partial charge in [-0.1, -0.05) is 0 Å². The second kappa shape index (κ2) is 8.45. The van der Waals surface area contributed by atoms with E-state index in [1.54, 1.807) is 11.3 Å². The monoisotopic (exact) mass is 358 g/mol. The molecule has 0 atom stereocenters. The smallest absolute Gasteiger partial charge is 0.253 e. The first kappa shape index (κ1) is 17.9. The summed E-state index contributed by atoms with van der Waals surface area (Å²) in [7, 11) is 0. The molecule has 0 aliphatic carbocycles. The highest BCUT2D eigenvalue weighted by Crippen LogP contribution is 2.17. The van der Waals surface area contributed by atoms with Crippen LogP contribution in [0.1, 0.15) is 29.9 Å². The fourth-order valence-electron chi connectivity index (χ4n) is 3.24. The van der Waals surface area contributed by atoms with E-state index in [9.17, 15) is 4.79 Å². The van der Waals surface area contributed by atoms with Crippen molar-refractivity contribution >= 4 is 22.9 Å². The maximum absolute atomic E-state index is 12.7. The molecule has 3 rings (SSSR count). The van der Waals surface area contributed by atoms with Gasteiger partial charge in [-0.3, -0.25) is 9.69 Å². The Balaban J connectivity index is 1.55. The van der Waals surface area contributed by atoms with Crippen LogP contribution in [0, 0.1) is 0 Å². The molecule has 0 radical (unpaired) electrons. The zero-order chi connectivity index (χ0) is 17.6. The van der Waals surface area contributed by atoms with Crippen molar-refractivity contribution < 1.29 is 4.79 Å². The van der Waals surface area contributed by atoms with Crippen molar-refractivity contribution in [3.8, 4) is 0 Å². The minimum absolute atomic E-state index is 0.138. The zero-order valence-corrected chi connectivity index (χ0v) is 15.8. The van der Waals surface area contributed by atoms with Crippen molar-refractivity contribution in [2.45, 2.75) is 20.4 Å². The number of anilines is 1. The molecule has 0 N–H and O–H groups in total. The number of carbonyl (C=O) groups is 1. The van der Waals surface area contributed by atoms with E-state index in [0.717, 1.165) is 57.1 Å². The summed E-state index contributed by atoms with van der Waals surface area (Å²) in [6.45, 7) is 10.5. The summed E-state index contributed by atoms with van der Waals surface area (Å²) in [5, 5.41) is 2.09. The van der Waals surface area contributed by atoms with E-state index in [0.29, 0.717) is 0 Å². The van der Waals surface area contributed by atoms with Gasteiger partial charge in [-0.25, -0.2) is 4.98 Å². The first-order chi connectivity index (χ1) is 12.2. The molecule has 25 heavy (non-hydrogen) atoms. The van der Waals surface area contributed by atoms with Gasteiger partial charge in [-0.05, 0) is 38.1 Å². The van der Waals surface area contributed by atoms with Gasteiger partial charge < -0.3 is 9.80 Å². The van der Waals surface area contributed by atoms with E-state index in [1.165, 1.54) is 5.69 Å². The van der Waals surface area contributed by atoms with Crippen LogP contribution in [-0.4, -0.2) is 60.0 Å². The number of carbonyl (C=O) groups excluding carboxylic acids is 1. The molecule has 0 spiro atoms. The molecule has 1 amide bonds. The second-order valence-electron chi connectivity index (χ2n) is 6.27. The van der Waals surface area contributed by atoms with E-state index in [-0.39, 0.29) is 5.91 Å². The van der Waals surface area contributed by atoms with Crippen LogP contribution in [-0.2, 0) is 6.54 Å². The number of piperazine rings is 1. The first-order valence-corrected chi connectivity index (χ1v) is 9.89. The van der Waals surface area contributed by atoms with Gasteiger partial charge in [-0.15, -0.1) is 11.3 Å². The number of nitrogens with zero attached hydrogens (tertiary/aromatic N) is 4. The van der Waals surface area contributed by atoms with Crippen LogP contribution in [0.25, 0.3) is 0 Å². The molecule has 2 aromatic rings. The number of benzene rings is 1. The van der Waals surface area contributed by atoms with Crippen LogP contribution in [0.5, 0.6) is 0 Å². The standard InChI is InChI=1S/C19H26N4OS/c1-3-22(4-2)18-7-5-16(6-8-18)19(24)23-11-9-21(10-12-23)13-17-14-25-15-20-17/h5-8,14-15H,3-4,9-13H2,1-2H3. The lowest BCUT2D eigenvalue weighted by molar-refractivity contribution is 0.0627. The van der Waals surface area contributed by atoms with Gasteiger partial charge in [0.1, 0.15) is 0 Å². The molecule has 134 valence electrons. The van der Waals surface area contributed by atoms with E-state index in [1.807, 2.05) is 22.5 Å². The Bertz CT molecular complexity index is 659. The Kier molecular flexibility index (Phi) is 6.04. The summed E-state index contributed by atoms with van der Waals surface area (Å²) < 4.78 is 0. The third-order valence-corrected chi connectivity index (χ3v) is 5.41. The summed E-state index contributed by atoms with van der Waals surface area (Å²) in [6, 6.07) is 8.02. The highest BCUT2D eigenvalue weighted by molar-refractivity contribution is 7.07. The molecular weight excluding hydrogens is 332 g/mol. The molecule has 5 nitrogen and oxygen atoms in total. The number of thiazole rings is 1. The van der Waals surface area contributed by atoms with Crippen molar-refractivity contribution in [1.82, 2.24) is 14.8 Å². The average Bonchev–Trinajstić information content (AvgIpc) is 3.16. The van der Waals surface area contributed by atoms with Crippen molar-refractivity contribution in [3.05, 3.63) is 46.4 Å². The maximum Gasteiger partial charge on any atom is 0.253 e. The maximum atomic E-state index is 12.7. The molecule has 1 saturated heterocycles. The second-order valence-corrected chi connectivity index (χ2v) is 6.99. The largest absolute Gasteiger partial charge is 0.372 e. The predicted molar refractivity (Wildman–Crippen MR) is 103 cm³/mol. The van der Waals surface area contributed by atoms with Crippen LogP contribution >= 0.6 is 11.3 Å². The molecule has 1 aliphatic rings. The van der Waals surface area contributed by atoms with Gasteiger partial charge in [0, 0.05) is 62.4 Å². The predicted octanol–water partition coefficient (Wildman–Crippen LogP) is 2.95. The fraction of sp³-hybridized carbons (Fsp3) is 0.474. The van der Waals surface area contributed by atoms with Gasteiger partial charge in [0.15, 0.2) is 0 Å². The molecule has 1 fully saturated rings. The SMILES string of the molecule is CCN(CC)c1ccc(C(=O)N2CCN(Cc3cscn3)CC2)cc1. The van der Waals surface area contributed by atoms with Crippen molar-refractivity contribution in [1.29, 1.82) is 0 Å². The summed E-state index contributed by atoms with van der Waals surface area (Å²) in [5.74, 6) is 0.138. The minimum atomic E-state index is 0.138. The minimum Gasteiger partial charge on any atom is -0.372 e. The van der Waals surface area contributed by atoms with Crippen molar-refractivity contribution in [2.24, 2.45) is 0 Å². The Morgan fingerprint density at radius 1 is 1.12 bits per heavy atom. The summed E-state index contributed by atoms with van der Waals surface area (Å²) >= 11 is 1.63. The molecule has 1 aliphatic heterocycles. The number of hydrogen-bond donors (Lipinski definition) is 0. The third kappa shape index (κ3) is 4.38. The number of rotatable bonds is 6. The highest BCUT2D eigenvalue weighted by atomic mass is 32.1. The fourth-order valence-corrected chi connectivity index (χ4v) is 3.79. The molecule has 0 saturated carbocycles. The van der Waals surface area contributed by atoms with Gasteiger partial charge in [-0.2, -0.15) is 0 Å². The number of hydrogen-bond acceptors (Lipinski definition) is 5. The van der Waals surface area contributed by atoms with Gasteiger partial charge >= 0.3 is 0 Å². The quantitative estimate of drug-likeness (QED) is 0.796. The van der Waals surface area contributed by atoms with Gasteiger partial charge in [0.05, 0.1) is 11.2 Å². The topological polar surface area (TPSA) is 39.7 Å². The highest BCUT2D eigenvalue weighted by Gasteiger charge is 2.22. The van der Waals surface area contributed by atoms with Crippen LogP contribution in [0.2, 0.25) is 0 Å². The molecule has 6 heteroatoms. The Hall–Kier alpha value is -1.92. The van der Waals surface area contributed by atoms with Crippen LogP contribution < -0.4 is 4.90 Å². The average molecular weight is 359 g/mol. The van der Waals surface area contributed by atoms with Crippen LogP contribution in [0.3, 0.4) is 0 Å². The summed E-state index contributed by atoms with van der Waals surface area (Å²) in [4.78, 5) is 23.7. The van der Waals surface area contributed by atoms with Gasteiger partial charge in [0.25, 0.3) is 5.91 Å². The van der Waals surface area contributed by atoms with Crippen LogP contribution in [0.15, 0.2) is 35.2 Å². The lowest BCUT2D eigenvalue weighted by Crippen LogP contribution is -2.48.